The Kier molecular flexibility index (Phi) is 25.7. The van der Waals surface area contributed by atoms with E-state index in [9.17, 15) is 0 Å². The standard InChI is InChI=1S/C2H7Si.2ClH.Zr/c1-3-2;;;/h3H,1-2H3;2*1H;/q;;;+2/p-2. The third kappa shape index (κ3) is 44.1. The molecule has 0 radical (unpaired) electrons. The van der Waals surface area contributed by atoms with Gasteiger partial charge in [-0.25, -0.2) is 0 Å². The zero-order valence-corrected chi connectivity index (χ0v) is 8.96. The molecule has 0 spiro atoms. The molecule has 0 bridgehead atoms. The van der Waals surface area contributed by atoms with Crippen molar-refractivity contribution >= 4 is 5.92 Å². The van der Waals surface area contributed by atoms with E-state index < -0.39 is 0 Å². The van der Waals surface area contributed by atoms with Crippen molar-refractivity contribution in [2.75, 3.05) is 0 Å². The first kappa shape index (κ1) is 15.6. The molecule has 6 heavy (non-hydrogen) atoms. The molecule has 0 aliphatic heterocycles. The van der Waals surface area contributed by atoms with Gasteiger partial charge in [-0.1, -0.05) is 0 Å². The van der Waals surface area contributed by atoms with Gasteiger partial charge in [-0.05, 0) is 0 Å². The number of halogens is 2. The predicted molar refractivity (Wildman–Crippen MR) is 18.9 cm³/mol. The zero-order valence-electron chi connectivity index (χ0n) is 3.83. The summed E-state index contributed by atoms with van der Waals surface area (Å²) in [5, 5.41) is 0. The average Bonchev–Trinajstić information content (AvgIpc) is 0.811. The summed E-state index contributed by atoms with van der Waals surface area (Å²) in [7, 11) is 0. The van der Waals surface area contributed by atoms with Crippen molar-refractivity contribution in [3.8, 4) is 0 Å². The SMILES string of the molecule is C[SiH](C)[Zr+2].[Cl-].[Cl-]. The van der Waals surface area contributed by atoms with Crippen LogP contribution in [0.1, 0.15) is 0 Å². The smallest absolute Gasteiger partial charge is 1.00 e. The quantitative estimate of drug-likeness (QED) is 0.358. The van der Waals surface area contributed by atoms with Crippen molar-refractivity contribution in [2.45, 2.75) is 13.1 Å². The van der Waals surface area contributed by atoms with Gasteiger partial charge in [0.1, 0.15) is 0 Å². The Morgan fingerprint density at radius 1 is 1.17 bits per heavy atom. The van der Waals surface area contributed by atoms with Gasteiger partial charge in [-0.2, -0.15) is 0 Å². The predicted octanol–water partition coefficient (Wildman–Crippen LogP) is -5.48. The van der Waals surface area contributed by atoms with Gasteiger partial charge < -0.3 is 24.8 Å². The Morgan fingerprint density at radius 2 is 1.17 bits per heavy atom. The molecule has 0 unspecified atom stereocenters. The molecule has 4 heteroatoms. The summed E-state index contributed by atoms with van der Waals surface area (Å²) < 4.78 is 0. The molecule has 0 aromatic carbocycles. The summed E-state index contributed by atoms with van der Waals surface area (Å²) in [6, 6.07) is 0. The second-order valence-electron chi connectivity index (χ2n) is 1.15. The Hall–Kier alpha value is 1.68. The molecule has 0 heterocycles. The van der Waals surface area contributed by atoms with Gasteiger partial charge in [-0.3, -0.25) is 0 Å². The molecule has 37 valence electrons. The van der Waals surface area contributed by atoms with Crippen molar-refractivity contribution in [1.29, 1.82) is 0 Å². The average molecular weight is 221 g/mol. The topological polar surface area (TPSA) is 0 Å². The van der Waals surface area contributed by atoms with E-state index in [0.29, 0.717) is 0 Å². The second-order valence-corrected chi connectivity index (χ2v) is 12.0. The van der Waals surface area contributed by atoms with Crippen molar-refractivity contribution in [2.24, 2.45) is 0 Å². The zero-order chi connectivity index (χ0) is 3.58. The molecule has 0 aromatic rings. The van der Waals surface area contributed by atoms with E-state index in [2.05, 4.69) is 13.1 Å². The number of rotatable bonds is 0. The molecule has 0 nitrogen and oxygen atoms in total. The van der Waals surface area contributed by atoms with Crippen molar-refractivity contribution < 1.29 is 48.7 Å². The van der Waals surface area contributed by atoms with Crippen LogP contribution >= 0.6 is 0 Å². The van der Waals surface area contributed by atoms with Gasteiger partial charge in [0, 0.05) is 0 Å². The van der Waals surface area contributed by atoms with Gasteiger partial charge in [0.05, 0.1) is 0 Å². The molecular formula is C2H7Cl2SiZr. The maximum atomic E-state index is 2.35. The molecule has 0 aliphatic rings. The fourth-order valence-corrected chi connectivity index (χ4v) is 0. The molecule has 0 aromatic heterocycles. The molecular weight excluding hydrogens is 214 g/mol. The number of hydrogen-bond donors (Lipinski definition) is 0. The molecule has 0 saturated carbocycles. The van der Waals surface area contributed by atoms with E-state index in [0.717, 1.165) is 0 Å². The van der Waals surface area contributed by atoms with E-state index in [1.165, 1.54) is 0 Å². The third-order valence-electron chi connectivity index (χ3n) is 0. The number of hydrogen-bond acceptors (Lipinski definition) is 0. The van der Waals surface area contributed by atoms with Crippen LogP contribution in [0.3, 0.4) is 0 Å². The Balaban J connectivity index is -0.0000000450. The van der Waals surface area contributed by atoms with Crippen LogP contribution in [-0.4, -0.2) is 5.92 Å². The largest absolute Gasteiger partial charge is 1.00 e. The van der Waals surface area contributed by atoms with E-state index in [1.54, 1.807) is 23.9 Å². The maximum Gasteiger partial charge on any atom is -1.00 e. The Morgan fingerprint density at radius 3 is 1.17 bits per heavy atom. The van der Waals surface area contributed by atoms with Crippen LogP contribution in [0.15, 0.2) is 0 Å². The summed E-state index contributed by atoms with van der Waals surface area (Å²) in [5.41, 5.74) is 0. The van der Waals surface area contributed by atoms with Crippen LogP contribution in [0.2, 0.25) is 13.1 Å². The van der Waals surface area contributed by atoms with Crippen LogP contribution in [0.4, 0.5) is 0 Å². The van der Waals surface area contributed by atoms with E-state index in [-0.39, 0.29) is 30.7 Å². The van der Waals surface area contributed by atoms with Gasteiger partial charge in [0.15, 0.2) is 0 Å². The fourth-order valence-electron chi connectivity index (χ4n) is 0. The molecule has 0 fully saturated rings. The first-order chi connectivity index (χ1) is 1.73. The van der Waals surface area contributed by atoms with Crippen LogP contribution in [0, 0.1) is 0 Å². The van der Waals surface area contributed by atoms with E-state index >= 15 is 0 Å². The van der Waals surface area contributed by atoms with Crippen molar-refractivity contribution in [1.82, 2.24) is 0 Å². The van der Waals surface area contributed by atoms with E-state index in [4.69, 9.17) is 0 Å². The van der Waals surface area contributed by atoms with Crippen LogP contribution in [-0.2, 0) is 23.9 Å². The Bertz CT molecular complexity index is 16.3. The van der Waals surface area contributed by atoms with Gasteiger partial charge in [0.2, 0.25) is 0 Å². The first-order valence-corrected chi connectivity index (χ1v) is 8.59. The summed E-state index contributed by atoms with van der Waals surface area (Å²) in [5.74, 6) is -0.0489. The molecule has 0 N–H and O–H groups in total. The molecule has 0 atom stereocenters. The minimum Gasteiger partial charge on any atom is -1.00 e. The minimum absolute atomic E-state index is 0. The second kappa shape index (κ2) is 9.84. The van der Waals surface area contributed by atoms with E-state index in [1.807, 2.05) is 0 Å². The van der Waals surface area contributed by atoms with Crippen molar-refractivity contribution in [3.05, 3.63) is 0 Å². The maximum absolute atomic E-state index is 2.35. The molecule has 0 rings (SSSR count). The summed E-state index contributed by atoms with van der Waals surface area (Å²) in [6.07, 6.45) is 0. The first-order valence-electron chi connectivity index (χ1n) is 1.44. The fraction of sp³-hybridized carbons (Fsp3) is 1.00. The normalized spacial score (nSPS) is 6.17. The van der Waals surface area contributed by atoms with Crippen LogP contribution in [0.5, 0.6) is 0 Å². The van der Waals surface area contributed by atoms with Gasteiger partial charge in [0.25, 0.3) is 0 Å². The summed E-state index contributed by atoms with van der Waals surface area (Å²) in [4.78, 5) is 0. The van der Waals surface area contributed by atoms with Gasteiger partial charge >= 0.3 is 42.9 Å². The minimum atomic E-state index is -0.0489. The monoisotopic (exact) mass is 219 g/mol. The van der Waals surface area contributed by atoms with Gasteiger partial charge in [-0.15, -0.1) is 0 Å². The molecule has 0 amide bonds. The Labute approximate surface area is 67.3 Å². The molecule has 0 saturated heterocycles. The van der Waals surface area contributed by atoms with Crippen molar-refractivity contribution in [3.63, 3.8) is 0 Å². The summed E-state index contributed by atoms with van der Waals surface area (Å²) in [6.45, 7) is 4.69. The van der Waals surface area contributed by atoms with Crippen LogP contribution in [0.25, 0.3) is 0 Å². The summed E-state index contributed by atoms with van der Waals surface area (Å²) >= 11 is 1.78. The third-order valence-corrected chi connectivity index (χ3v) is 0. The van der Waals surface area contributed by atoms with Crippen LogP contribution < -0.4 is 24.8 Å². The molecule has 0 aliphatic carbocycles.